The van der Waals surface area contributed by atoms with Gasteiger partial charge in [-0.3, -0.25) is 4.90 Å². The Morgan fingerprint density at radius 3 is 2.46 bits per heavy atom. The van der Waals surface area contributed by atoms with Crippen molar-refractivity contribution in [1.29, 1.82) is 0 Å². The van der Waals surface area contributed by atoms with Crippen LogP contribution in [0.15, 0.2) is 42.5 Å². The molecular weight excluding hydrogens is 306 g/mol. The van der Waals surface area contributed by atoms with Gasteiger partial charge in [-0.1, -0.05) is 18.2 Å². The summed E-state index contributed by atoms with van der Waals surface area (Å²) in [6.07, 6.45) is 0.935. The first-order chi connectivity index (χ1) is 11.6. The first-order valence-corrected chi connectivity index (χ1v) is 7.81. The van der Waals surface area contributed by atoms with Crippen molar-refractivity contribution < 1.29 is 19.4 Å². The summed E-state index contributed by atoms with van der Waals surface area (Å²) in [6, 6.07) is 12.7. The molecule has 5 heteroatoms. The summed E-state index contributed by atoms with van der Waals surface area (Å²) in [5.74, 6) is -1.23. The number of carbonyl (C=O) groups is 2. The van der Waals surface area contributed by atoms with E-state index in [-0.39, 0.29) is 5.97 Å². The highest BCUT2D eigenvalue weighted by Crippen LogP contribution is 2.22. The summed E-state index contributed by atoms with van der Waals surface area (Å²) >= 11 is 0. The second-order valence-electron chi connectivity index (χ2n) is 5.94. The highest BCUT2D eigenvalue weighted by molar-refractivity contribution is 5.89. The average Bonchev–Trinajstić information content (AvgIpc) is 2.61. The highest BCUT2D eigenvalue weighted by Gasteiger charge is 2.18. The standard InChI is InChI=1S/C19H19NO4/c1-24-19(23)16-7-6-14-8-9-20(12-17(14)10-16)11-13-2-4-15(5-3-13)18(21)22/h2-7,10H,8-9,11-12H2,1H3,(H,21,22). The molecule has 3 rings (SSSR count). The lowest BCUT2D eigenvalue weighted by atomic mass is 9.97. The number of hydrogen-bond acceptors (Lipinski definition) is 4. The van der Waals surface area contributed by atoms with Gasteiger partial charge in [0.05, 0.1) is 18.2 Å². The molecular formula is C19H19NO4. The molecule has 0 atom stereocenters. The van der Waals surface area contributed by atoms with Crippen LogP contribution in [0.25, 0.3) is 0 Å². The summed E-state index contributed by atoms with van der Waals surface area (Å²) in [5.41, 5.74) is 4.35. The van der Waals surface area contributed by atoms with Crippen LogP contribution in [0, 0.1) is 0 Å². The lowest BCUT2D eigenvalue weighted by Gasteiger charge is -2.29. The van der Waals surface area contributed by atoms with Crippen LogP contribution in [-0.4, -0.2) is 35.6 Å². The highest BCUT2D eigenvalue weighted by atomic mass is 16.5. The van der Waals surface area contributed by atoms with E-state index in [9.17, 15) is 9.59 Å². The van der Waals surface area contributed by atoms with E-state index in [1.807, 2.05) is 30.3 Å². The van der Waals surface area contributed by atoms with Crippen LogP contribution in [0.4, 0.5) is 0 Å². The van der Waals surface area contributed by atoms with Gasteiger partial charge in [-0.05, 0) is 47.4 Å². The molecule has 0 unspecified atom stereocenters. The number of methoxy groups -OCH3 is 1. The third kappa shape index (κ3) is 3.46. The normalized spacial score (nSPS) is 14.0. The van der Waals surface area contributed by atoms with Gasteiger partial charge in [0.1, 0.15) is 0 Å². The van der Waals surface area contributed by atoms with Gasteiger partial charge in [0.2, 0.25) is 0 Å². The van der Waals surface area contributed by atoms with Crippen molar-refractivity contribution in [2.75, 3.05) is 13.7 Å². The molecule has 0 aromatic heterocycles. The minimum Gasteiger partial charge on any atom is -0.478 e. The number of ether oxygens (including phenoxy) is 1. The van der Waals surface area contributed by atoms with Crippen molar-refractivity contribution in [3.05, 3.63) is 70.3 Å². The lowest BCUT2D eigenvalue weighted by Crippen LogP contribution is -2.30. The monoisotopic (exact) mass is 325 g/mol. The summed E-state index contributed by atoms with van der Waals surface area (Å²) in [4.78, 5) is 24.9. The summed E-state index contributed by atoms with van der Waals surface area (Å²) in [6.45, 7) is 2.45. The predicted molar refractivity (Wildman–Crippen MR) is 89.0 cm³/mol. The molecule has 1 heterocycles. The number of carboxylic acid groups (broad SMARTS) is 1. The van der Waals surface area contributed by atoms with Gasteiger partial charge in [0, 0.05) is 19.6 Å². The number of carbonyl (C=O) groups excluding carboxylic acids is 1. The van der Waals surface area contributed by atoms with E-state index >= 15 is 0 Å². The predicted octanol–water partition coefficient (Wildman–Crippen LogP) is 2.73. The number of nitrogens with zero attached hydrogens (tertiary/aromatic N) is 1. The van der Waals surface area contributed by atoms with Gasteiger partial charge in [-0.15, -0.1) is 0 Å². The van der Waals surface area contributed by atoms with E-state index in [0.717, 1.165) is 37.2 Å². The number of rotatable bonds is 4. The number of benzene rings is 2. The van der Waals surface area contributed by atoms with Gasteiger partial charge in [-0.25, -0.2) is 9.59 Å². The Bertz CT molecular complexity index is 767. The Morgan fingerprint density at radius 2 is 1.79 bits per heavy atom. The molecule has 2 aromatic carbocycles. The number of hydrogen-bond donors (Lipinski definition) is 1. The molecule has 24 heavy (non-hydrogen) atoms. The Kier molecular flexibility index (Phi) is 4.62. The van der Waals surface area contributed by atoms with Gasteiger partial charge < -0.3 is 9.84 Å². The van der Waals surface area contributed by atoms with Crippen LogP contribution < -0.4 is 0 Å². The number of fused-ring (bicyclic) bond motifs is 1. The molecule has 0 fully saturated rings. The lowest BCUT2D eigenvalue weighted by molar-refractivity contribution is 0.0599. The Hall–Kier alpha value is -2.66. The largest absolute Gasteiger partial charge is 0.478 e. The van der Waals surface area contributed by atoms with Crippen LogP contribution in [-0.2, 0) is 24.2 Å². The molecule has 5 nitrogen and oxygen atoms in total. The minimum absolute atomic E-state index is 0.297. The van der Waals surface area contributed by atoms with E-state index in [2.05, 4.69) is 4.90 Å². The van der Waals surface area contributed by atoms with Crippen molar-refractivity contribution >= 4 is 11.9 Å². The Morgan fingerprint density at radius 1 is 1.08 bits per heavy atom. The van der Waals surface area contributed by atoms with Gasteiger partial charge in [0.15, 0.2) is 0 Å². The minimum atomic E-state index is -0.913. The Balaban J connectivity index is 1.72. The topological polar surface area (TPSA) is 66.8 Å². The SMILES string of the molecule is COC(=O)c1ccc2c(c1)CN(Cc1ccc(C(=O)O)cc1)CC2. The zero-order valence-electron chi connectivity index (χ0n) is 13.5. The van der Waals surface area contributed by atoms with Crippen LogP contribution in [0.3, 0.4) is 0 Å². The van der Waals surface area contributed by atoms with Crippen LogP contribution in [0.1, 0.15) is 37.4 Å². The van der Waals surface area contributed by atoms with E-state index < -0.39 is 5.97 Å². The number of aromatic carboxylic acids is 1. The smallest absolute Gasteiger partial charge is 0.337 e. The zero-order chi connectivity index (χ0) is 17.1. The van der Waals surface area contributed by atoms with Crippen molar-refractivity contribution in [2.45, 2.75) is 19.5 Å². The molecule has 1 aliphatic heterocycles. The van der Waals surface area contributed by atoms with Gasteiger partial charge >= 0.3 is 11.9 Å². The first-order valence-electron chi connectivity index (χ1n) is 7.81. The van der Waals surface area contributed by atoms with E-state index in [1.165, 1.54) is 12.7 Å². The molecule has 124 valence electrons. The molecule has 0 saturated heterocycles. The summed E-state index contributed by atoms with van der Waals surface area (Å²) in [7, 11) is 1.38. The molecule has 1 aliphatic rings. The molecule has 0 amide bonds. The van der Waals surface area contributed by atoms with Crippen molar-refractivity contribution in [3.8, 4) is 0 Å². The first kappa shape index (κ1) is 16.2. The molecule has 0 aliphatic carbocycles. The van der Waals surface area contributed by atoms with Crippen molar-refractivity contribution in [3.63, 3.8) is 0 Å². The fourth-order valence-electron chi connectivity index (χ4n) is 3.01. The third-order valence-electron chi connectivity index (χ3n) is 4.33. The molecule has 0 bridgehead atoms. The number of esters is 1. The average molecular weight is 325 g/mol. The van der Waals surface area contributed by atoms with E-state index in [0.29, 0.717) is 11.1 Å². The fraction of sp³-hybridized carbons (Fsp3) is 0.263. The maximum atomic E-state index is 11.7. The third-order valence-corrected chi connectivity index (χ3v) is 4.33. The second kappa shape index (κ2) is 6.84. The molecule has 2 aromatic rings. The Labute approximate surface area is 140 Å². The molecule has 1 N–H and O–H groups in total. The molecule has 0 spiro atoms. The van der Waals surface area contributed by atoms with Gasteiger partial charge in [-0.2, -0.15) is 0 Å². The van der Waals surface area contributed by atoms with Gasteiger partial charge in [0.25, 0.3) is 0 Å². The summed E-state index contributed by atoms with van der Waals surface area (Å²) in [5, 5.41) is 8.95. The summed E-state index contributed by atoms with van der Waals surface area (Å²) < 4.78 is 4.78. The second-order valence-corrected chi connectivity index (χ2v) is 5.94. The maximum Gasteiger partial charge on any atom is 0.337 e. The number of carboxylic acids is 1. The fourth-order valence-corrected chi connectivity index (χ4v) is 3.01. The zero-order valence-corrected chi connectivity index (χ0v) is 13.5. The van der Waals surface area contributed by atoms with Crippen molar-refractivity contribution in [2.24, 2.45) is 0 Å². The molecule has 0 saturated carbocycles. The maximum absolute atomic E-state index is 11.7. The van der Waals surface area contributed by atoms with Crippen LogP contribution >= 0.6 is 0 Å². The van der Waals surface area contributed by atoms with E-state index in [1.54, 1.807) is 12.1 Å². The van der Waals surface area contributed by atoms with Crippen LogP contribution in [0.5, 0.6) is 0 Å². The van der Waals surface area contributed by atoms with Crippen LogP contribution in [0.2, 0.25) is 0 Å². The van der Waals surface area contributed by atoms with E-state index in [4.69, 9.17) is 9.84 Å². The van der Waals surface area contributed by atoms with Crippen molar-refractivity contribution in [1.82, 2.24) is 4.90 Å². The quantitative estimate of drug-likeness (QED) is 0.876. The molecule has 0 radical (unpaired) electrons.